The Bertz CT molecular complexity index is 585. The minimum absolute atomic E-state index is 0.114. The van der Waals surface area contributed by atoms with Crippen LogP contribution in [0.2, 0.25) is 5.02 Å². The molecule has 1 heterocycles. The number of thiazole rings is 1. The fraction of sp³-hybridized carbons (Fsp3) is 0.167. The molecule has 2 rings (SSSR count). The lowest BCUT2D eigenvalue weighted by atomic mass is 10.1. The van der Waals surface area contributed by atoms with Crippen LogP contribution in [0.1, 0.15) is 17.4 Å². The maximum Gasteiger partial charge on any atom is 0.358 e. The average Bonchev–Trinajstić information content (AvgIpc) is 2.81. The van der Waals surface area contributed by atoms with Crippen LogP contribution in [-0.4, -0.2) is 17.6 Å². The molecule has 94 valence electrons. The molecule has 3 nitrogen and oxygen atoms in total. The Kier molecular flexibility index (Phi) is 3.93. The number of ether oxygens (including phenoxy) is 1. The molecule has 18 heavy (non-hydrogen) atoms. The predicted octanol–water partition coefficient (Wildman–Crippen LogP) is 3.78. The van der Waals surface area contributed by atoms with E-state index in [4.69, 9.17) is 16.3 Å². The summed E-state index contributed by atoms with van der Waals surface area (Å²) in [6, 6.07) is 4.17. The maximum atomic E-state index is 13.7. The topological polar surface area (TPSA) is 39.2 Å². The highest BCUT2D eigenvalue weighted by Gasteiger charge is 2.19. The third-order valence-corrected chi connectivity index (χ3v) is 3.30. The van der Waals surface area contributed by atoms with Gasteiger partial charge < -0.3 is 4.74 Å². The first-order chi connectivity index (χ1) is 8.63. The third-order valence-electron chi connectivity index (χ3n) is 2.21. The molecule has 0 amide bonds. The van der Waals surface area contributed by atoms with Gasteiger partial charge in [0.15, 0.2) is 5.69 Å². The smallest absolute Gasteiger partial charge is 0.358 e. The minimum Gasteiger partial charge on any atom is -0.461 e. The van der Waals surface area contributed by atoms with E-state index in [0.717, 1.165) is 0 Å². The highest BCUT2D eigenvalue weighted by Crippen LogP contribution is 2.32. The van der Waals surface area contributed by atoms with Gasteiger partial charge in [-0.2, -0.15) is 0 Å². The quantitative estimate of drug-likeness (QED) is 0.806. The number of rotatable bonds is 3. The number of hydrogen-bond acceptors (Lipinski definition) is 4. The number of aromatic nitrogens is 1. The first-order valence-electron chi connectivity index (χ1n) is 5.19. The summed E-state index contributed by atoms with van der Waals surface area (Å²) < 4.78 is 18.6. The van der Waals surface area contributed by atoms with Gasteiger partial charge >= 0.3 is 5.97 Å². The van der Waals surface area contributed by atoms with Gasteiger partial charge in [-0.1, -0.05) is 11.6 Å². The molecule has 0 aliphatic rings. The van der Waals surface area contributed by atoms with Crippen LogP contribution in [0, 0.1) is 5.82 Å². The molecule has 0 unspecified atom stereocenters. The summed E-state index contributed by atoms with van der Waals surface area (Å²) in [7, 11) is 0. The zero-order valence-electron chi connectivity index (χ0n) is 9.44. The Morgan fingerprint density at radius 3 is 3.06 bits per heavy atom. The van der Waals surface area contributed by atoms with Gasteiger partial charge in [0.2, 0.25) is 0 Å². The fourth-order valence-electron chi connectivity index (χ4n) is 1.45. The molecule has 1 aromatic carbocycles. The number of nitrogens with zero attached hydrogens (tertiary/aromatic N) is 1. The van der Waals surface area contributed by atoms with Gasteiger partial charge in [0.25, 0.3) is 0 Å². The molecule has 0 fully saturated rings. The molecule has 0 bridgehead atoms. The molecule has 0 atom stereocenters. The van der Waals surface area contributed by atoms with E-state index in [2.05, 4.69) is 4.98 Å². The molecular formula is C12H9ClFNO2S. The van der Waals surface area contributed by atoms with Crippen LogP contribution in [0.3, 0.4) is 0 Å². The molecule has 1 aromatic heterocycles. The lowest BCUT2D eigenvalue weighted by molar-refractivity contribution is 0.0521. The van der Waals surface area contributed by atoms with Gasteiger partial charge in [0, 0.05) is 10.6 Å². The number of esters is 1. The van der Waals surface area contributed by atoms with Crippen LogP contribution in [0.4, 0.5) is 4.39 Å². The summed E-state index contributed by atoms with van der Waals surface area (Å²) in [5.74, 6) is -1.01. The lowest BCUT2D eigenvalue weighted by Crippen LogP contribution is -2.06. The van der Waals surface area contributed by atoms with Gasteiger partial charge in [-0.05, 0) is 25.1 Å². The van der Waals surface area contributed by atoms with Crippen molar-refractivity contribution in [3.63, 3.8) is 0 Å². The molecule has 0 saturated carbocycles. The normalized spacial score (nSPS) is 10.4. The van der Waals surface area contributed by atoms with E-state index in [1.807, 2.05) is 0 Å². The molecule has 0 radical (unpaired) electrons. The molecule has 0 aliphatic carbocycles. The molecular weight excluding hydrogens is 277 g/mol. The van der Waals surface area contributed by atoms with Crippen LogP contribution in [-0.2, 0) is 4.74 Å². The Morgan fingerprint density at radius 1 is 1.56 bits per heavy atom. The van der Waals surface area contributed by atoms with Crippen molar-refractivity contribution in [2.45, 2.75) is 6.92 Å². The Labute approximate surface area is 112 Å². The molecule has 0 aliphatic heterocycles. The summed E-state index contributed by atoms with van der Waals surface area (Å²) >= 11 is 7.00. The summed E-state index contributed by atoms with van der Waals surface area (Å²) in [4.78, 5) is 16.0. The van der Waals surface area contributed by atoms with Gasteiger partial charge in [0.1, 0.15) is 5.82 Å². The molecule has 0 spiro atoms. The fourth-order valence-corrected chi connectivity index (χ4v) is 2.42. The van der Waals surface area contributed by atoms with E-state index >= 15 is 0 Å². The van der Waals surface area contributed by atoms with Crippen molar-refractivity contribution in [1.29, 1.82) is 0 Å². The second kappa shape index (κ2) is 5.46. The van der Waals surface area contributed by atoms with Gasteiger partial charge in [-0.25, -0.2) is 14.2 Å². The monoisotopic (exact) mass is 285 g/mol. The summed E-state index contributed by atoms with van der Waals surface area (Å²) in [6.45, 7) is 1.94. The molecule has 6 heteroatoms. The average molecular weight is 286 g/mol. The SMILES string of the molecule is CCOC(=O)c1ncsc1-c1cc(Cl)ccc1F. The van der Waals surface area contributed by atoms with E-state index in [0.29, 0.717) is 9.90 Å². The summed E-state index contributed by atoms with van der Waals surface area (Å²) in [5.41, 5.74) is 1.85. The predicted molar refractivity (Wildman–Crippen MR) is 68.5 cm³/mol. The number of benzene rings is 1. The van der Waals surface area contributed by atoms with Crippen LogP contribution in [0.25, 0.3) is 10.4 Å². The van der Waals surface area contributed by atoms with Gasteiger partial charge in [0.05, 0.1) is 17.0 Å². The van der Waals surface area contributed by atoms with Crippen LogP contribution >= 0.6 is 22.9 Å². The largest absolute Gasteiger partial charge is 0.461 e. The highest BCUT2D eigenvalue weighted by molar-refractivity contribution is 7.13. The van der Waals surface area contributed by atoms with Crippen LogP contribution < -0.4 is 0 Å². The van der Waals surface area contributed by atoms with E-state index in [9.17, 15) is 9.18 Å². The Morgan fingerprint density at radius 2 is 2.33 bits per heavy atom. The minimum atomic E-state index is -0.562. The lowest BCUT2D eigenvalue weighted by Gasteiger charge is -2.04. The molecule has 0 saturated heterocycles. The van der Waals surface area contributed by atoms with E-state index in [1.54, 1.807) is 6.92 Å². The third kappa shape index (κ3) is 2.52. The number of carbonyl (C=O) groups is 1. The van der Waals surface area contributed by atoms with E-state index in [-0.39, 0.29) is 17.9 Å². The van der Waals surface area contributed by atoms with Crippen LogP contribution in [0.15, 0.2) is 23.7 Å². The van der Waals surface area contributed by atoms with Crippen molar-refractivity contribution in [2.75, 3.05) is 6.61 Å². The van der Waals surface area contributed by atoms with Crippen LogP contribution in [0.5, 0.6) is 0 Å². The standard InChI is InChI=1S/C12H9ClFNO2S/c1-2-17-12(16)10-11(18-6-15-10)8-5-7(13)3-4-9(8)14/h3-6H,2H2,1H3. The van der Waals surface area contributed by atoms with Gasteiger partial charge in [-0.3, -0.25) is 0 Å². The zero-order chi connectivity index (χ0) is 13.1. The number of carbonyl (C=O) groups excluding carboxylic acids is 1. The number of hydrogen-bond donors (Lipinski definition) is 0. The highest BCUT2D eigenvalue weighted by atomic mass is 35.5. The van der Waals surface area contributed by atoms with Crippen molar-refractivity contribution in [2.24, 2.45) is 0 Å². The van der Waals surface area contributed by atoms with Crippen molar-refractivity contribution in [1.82, 2.24) is 4.98 Å². The second-order valence-corrected chi connectivity index (χ2v) is 4.67. The maximum absolute atomic E-state index is 13.7. The number of halogens is 2. The first-order valence-corrected chi connectivity index (χ1v) is 6.45. The Balaban J connectivity index is 2.48. The van der Waals surface area contributed by atoms with E-state index in [1.165, 1.54) is 35.0 Å². The Hall–Kier alpha value is -1.46. The van der Waals surface area contributed by atoms with E-state index < -0.39 is 11.8 Å². The van der Waals surface area contributed by atoms with Crippen molar-refractivity contribution >= 4 is 28.9 Å². The molecule has 2 aromatic rings. The zero-order valence-corrected chi connectivity index (χ0v) is 11.0. The van der Waals surface area contributed by atoms with Crippen molar-refractivity contribution < 1.29 is 13.9 Å². The molecule has 0 N–H and O–H groups in total. The summed E-state index contributed by atoms with van der Waals surface area (Å²) in [6.07, 6.45) is 0. The van der Waals surface area contributed by atoms with Crippen molar-refractivity contribution in [3.8, 4) is 10.4 Å². The van der Waals surface area contributed by atoms with Crippen molar-refractivity contribution in [3.05, 3.63) is 40.2 Å². The first kappa shape index (κ1) is 13.0. The van der Waals surface area contributed by atoms with Gasteiger partial charge in [-0.15, -0.1) is 11.3 Å². The summed E-state index contributed by atoms with van der Waals surface area (Å²) in [5, 5.41) is 0.398. The second-order valence-electron chi connectivity index (χ2n) is 3.37.